The summed E-state index contributed by atoms with van der Waals surface area (Å²) in [5.41, 5.74) is 8.83. The van der Waals surface area contributed by atoms with Gasteiger partial charge in [0, 0.05) is 37.9 Å². The molecule has 3 N–H and O–H groups in total. The number of likely N-dealkylation sites (N-methyl/N-ethyl adjacent to an activating group) is 1. The van der Waals surface area contributed by atoms with Gasteiger partial charge in [-0.25, -0.2) is 0 Å². The fraction of sp³-hybridized carbons (Fsp3) is 0.417. The van der Waals surface area contributed by atoms with Crippen LogP contribution in [0.3, 0.4) is 0 Å². The molecule has 1 heterocycles. The van der Waals surface area contributed by atoms with Crippen LogP contribution in [-0.4, -0.2) is 26.0 Å². The fourth-order valence-electron chi connectivity index (χ4n) is 1.93. The summed E-state index contributed by atoms with van der Waals surface area (Å²) in [5, 5.41) is 2.88. The van der Waals surface area contributed by atoms with Crippen molar-refractivity contribution in [3.05, 3.63) is 23.8 Å². The van der Waals surface area contributed by atoms with Gasteiger partial charge in [0.1, 0.15) is 0 Å². The van der Waals surface area contributed by atoms with E-state index in [1.54, 1.807) is 0 Å². The molecule has 0 unspecified atom stereocenters. The minimum absolute atomic E-state index is 0.107. The molecule has 0 radical (unpaired) electrons. The predicted molar refractivity (Wildman–Crippen MR) is 65.7 cm³/mol. The molecule has 0 saturated heterocycles. The molecule has 0 aromatic heterocycles. The van der Waals surface area contributed by atoms with Gasteiger partial charge in [0.2, 0.25) is 5.91 Å². The van der Waals surface area contributed by atoms with E-state index in [0.29, 0.717) is 13.0 Å². The van der Waals surface area contributed by atoms with E-state index < -0.39 is 0 Å². The van der Waals surface area contributed by atoms with Gasteiger partial charge in [-0.2, -0.15) is 0 Å². The molecule has 0 bridgehead atoms. The maximum atomic E-state index is 11.2. The maximum absolute atomic E-state index is 11.2. The zero-order valence-electron chi connectivity index (χ0n) is 9.49. The molecule has 1 aromatic carbocycles. The molecule has 4 nitrogen and oxygen atoms in total. The fourth-order valence-corrected chi connectivity index (χ4v) is 1.93. The molecule has 0 aliphatic carbocycles. The second kappa shape index (κ2) is 4.53. The van der Waals surface area contributed by atoms with Gasteiger partial charge in [0.05, 0.1) is 0 Å². The van der Waals surface area contributed by atoms with Crippen molar-refractivity contribution >= 4 is 17.3 Å². The summed E-state index contributed by atoms with van der Waals surface area (Å²) < 4.78 is 0. The lowest BCUT2D eigenvalue weighted by molar-refractivity contribution is -0.116. The second-order valence-electron chi connectivity index (χ2n) is 4.10. The molecule has 1 aromatic rings. The third kappa shape index (κ3) is 2.17. The van der Waals surface area contributed by atoms with Crippen molar-refractivity contribution < 1.29 is 4.79 Å². The summed E-state index contributed by atoms with van der Waals surface area (Å²) in [4.78, 5) is 13.3. The van der Waals surface area contributed by atoms with Crippen LogP contribution in [-0.2, 0) is 11.2 Å². The monoisotopic (exact) mass is 219 g/mol. The molecule has 1 aliphatic heterocycles. The molecule has 16 heavy (non-hydrogen) atoms. The Morgan fingerprint density at radius 1 is 1.44 bits per heavy atom. The third-order valence-electron chi connectivity index (χ3n) is 2.89. The Hall–Kier alpha value is -1.55. The predicted octanol–water partition coefficient (Wildman–Crippen LogP) is 0.966. The highest BCUT2D eigenvalue weighted by Gasteiger charge is 2.15. The minimum atomic E-state index is 0.107. The third-order valence-corrected chi connectivity index (χ3v) is 2.89. The molecular weight excluding hydrogens is 202 g/mol. The summed E-state index contributed by atoms with van der Waals surface area (Å²) in [6.07, 6.45) is 1.41. The van der Waals surface area contributed by atoms with Crippen molar-refractivity contribution in [2.75, 3.05) is 30.4 Å². The number of benzene rings is 1. The van der Waals surface area contributed by atoms with Gasteiger partial charge in [-0.05, 0) is 30.2 Å². The summed E-state index contributed by atoms with van der Waals surface area (Å²) >= 11 is 0. The number of rotatable bonds is 3. The molecule has 86 valence electrons. The number of nitrogens with zero attached hydrogens (tertiary/aromatic N) is 1. The number of nitrogens with one attached hydrogen (secondary N) is 1. The van der Waals surface area contributed by atoms with Crippen molar-refractivity contribution in [2.45, 2.75) is 12.8 Å². The maximum Gasteiger partial charge on any atom is 0.224 e. The van der Waals surface area contributed by atoms with Crippen molar-refractivity contribution in [1.82, 2.24) is 0 Å². The molecule has 0 spiro atoms. The Balaban J connectivity index is 2.22. The van der Waals surface area contributed by atoms with Crippen LogP contribution in [0.1, 0.15) is 12.0 Å². The number of anilines is 2. The van der Waals surface area contributed by atoms with Crippen LogP contribution in [0.5, 0.6) is 0 Å². The minimum Gasteiger partial charge on any atom is -0.373 e. The lowest BCUT2D eigenvalue weighted by atomic mass is 10.0. The number of hydrogen-bond donors (Lipinski definition) is 2. The van der Waals surface area contributed by atoms with E-state index in [0.717, 1.165) is 24.3 Å². The van der Waals surface area contributed by atoms with E-state index in [4.69, 9.17) is 5.73 Å². The average Bonchev–Trinajstić information content (AvgIpc) is 2.28. The van der Waals surface area contributed by atoms with Crippen molar-refractivity contribution in [1.29, 1.82) is 0 Å². The first-order valence-electron chi connectivity index (χ1n) is 5.54. The largest absolute Gasteiger partial charge is 0.373 e. The molecule has 4 heteroatoms. The number of hydrogen-bond acceptors (Lipinski definition) is 3. The van der Waals surface area contributed by atoms with E-state index in [2.05, 4.69) is 16.3 Å². The van der Waals surface area contributed by atoms with Crippen LogP contribution < -0.4 is 16.0 Å². The number of carbonyl (C=O) groups is 1. The second-order valence-corrected chi connectivity index (χ2v) is 4.10. The van der Waals surface area contributed by atoms with Crippen molar-refractivity contribution in [2.24, 2.45) is 5.73 Å². The zero-order valence-corrected chi connectivity index (χ0v) is 9.49. The van der Waals surface area contributed by atoms with Crippen LogP contribution in [0.15, 0.2) is 18.2 Å². The van der Waals surface area contributed by atoms with Gasteiger partial charge < -0.3 is 16.0 Å². The van der Waals surface area contributed by atoms with Crippen LogP contribution in [0.4, 0.5) is 11.4 Å². The average molecular weight is 219 g/mol. The topological polar surface area (TPSA) is 58.4 Å². The number of nitrogens with two attached hydrogens (primary N) is 1. The number of fused-ring (bicyclic) bond motifs is 1. The van der Waals surface area contributed by atoms with E-state index in [9.17, 15) is 4.79 Å². The molecular formula is C12H17N3O. The molecule has 1 aliphatic rings. The smallest absolute Gasteiger partial charge is 0.224 e. The highest BCUT2D eigenvalue weighted by atomic mass is 16.1. The first-order chi connectivity index (χ1) is 7.70. The Morgan fingerprint density at radius 3 is 3.00 bits per heavy atom. The Labute approximate surface area is 95.4 Å². The Bertz CT molecular complexity index is 403. The van der Waals surface area contributed by atoms with Gasteiger partial charge >= 0.3 is 0 Å². The summed E-state index contributed by atoms with van der Waals surface area (Å²) in [5.74, 6) is 0.107. The first-order valence-corrected chi connectivity index (χ1v) is 5.54. The highest BCUT2D eigenvalue weighted by molar-refractivity contribution is 5.94. The standard InChI is InChI=1S/C12H17N3O/c1-15(7-6-13)10-3-4-11-9(8-10)2-5-12(16)14-11/h3-4,8H,2,5-7,13H2,1H3,(H,14,16). The highest BCUT2D eigenvalue weighted by Crippen LogP contribution is 2.26. The Morgan fingerprint density at radius 2 is 2.25 bits per heavy atom. The van der Waals surface area contributed by atoms with Crippen molar-refractivity contribution in [3.8, 4) is 0 Å². The number of amides is 1. The van der Waals surface area contributed by atoms with Crippen LogP contribution in [0, 0.1) is 0 Å². The van der Waals surface area contributed by atoms with E-state index in [-0.39, 0.29) is 5.91 Å². The van der Waals surface area contributed by atoms with Gasteiger partial charge in [-0.1, -0.05) is 0 Å². The van der Waals surface area contributed by atoms with Crippen LogP contribution in [0.25, 0.3) is 0 Å². The quantitative estimate of drug-likeness (QED) is 0.796. The van der Waals surface area contributed by atoms with Crippen molar-refractivity contribution in [3.63, 3.8) is 0 Å². The molecule has 0 saturated carbocycles. The molecule has 2 rings (SSSR count). The number of aryl methyl sites for hydroxylation is 1. The van der Waals surface area contributed by atoms with E-state index >= 15 is 0 Å². The zero-order chi connectivity index (χ0) is 11.5. The lowest BCUT2D eigenvalue weighted by Gasteiger charge is -2.22. The molecule has 0 fully saturated rings. The summed E-state index contributed by atoms with van der Waals surface area (Å²) in [6, 6.07) is 6.11. The van der Waals surface area contributed by atoms with Gasteiger partial charge in [-0.3, -0.25) is 4.79 Å². The lowest BCUT2D eigenvalue weighted by Crippen LogP contribution is -2.25. The SMILES string of the molecule is CN(CCN)c1ccc2c(c1)CCC(=O)N2. The number of carbonyl (C=O) groups excluding carboxylic acids is 1. The van der Waals surface area contributed by atoms with Gasteiger partial charge in [0.15, 0.2) is 0 Å². The normalized spacial score (nSPS) is 14.2. The van der Waals surface area contributed by atoms with Gasteiger partial charge in [0.25, 0.3) is 0 Å². The van der Waals surface area contributed by atoms with E-state index in [1.165, 1.54) is 5.56 Å². The van der Waals surface area contributed by atoms with Crippen LogP contribution in [0.2, 0.25) is 0 Å². The first kappa shape index (κ1) is 11.0. The summed E-state index contributed by atoms with van der Waals surface area (Å²) in [7, 11) is 2.02. The summed E-state index contributed by atoms with van der Waals surface area (Å²) in [6.45, 7) is 1.48. The van der Waals surface area contributed by atoms with Gasteiger partial charge in [-0.15, -0.1) is 0 Å². The molecule has 0 atom stereocenters. The van der Waals surface area contributed by atoms with E-state index in [1.807, 2.05) is 19.2 Å². The Kier molecular flexibility index (Phi) is 3.10. The molecule has 1 amide bonds. The van der Waals surface area contributed by atoms with Crippen LogP contribution >= 0.6 is 0 Å².